The van der Waals surface area contributed by atoms with Gasteiger partial charge in [0.2, 0.25) is 0 Å². The van der Waals surface area contributed by atoms with Crippen LogP contribution in [0.25, 0.3) is 10.6 Å². The van der Waals surface area contributed by atoms with Crippen molar-refractivity contribution in [2.45, 2.75) is 6.42 Å². The SMILES string of the molecule is O=C(NCCc1csc(-c2cccnc2)n1)Nc1ccc(Cl)cc1. The highest BCUT2D eigenvalue weighted by Gasteiger charge is 2.06. The molecular weight excluding hydrogens is 344 g/mol. The monoisotopic (exact) mass is 358 g/mol. The van der Waals surface area contributed by atoms with E-state index in [9.17, 15) is 4.79 Å². The van der Waals surface area contributed by atoms with Gasteiger partial charge in [-0.3, -0.25) is 4.98 Å². The van der Waals surface area contributed by atoms with Crippen LogP contribution in [0.5, 0.6) is 0 Å². The number of hydrogen-bond acceptors (Lipinski definition) is 4. The standard InChI is InChI=1S/C17H15ClN4OS/c18-13-3-5-14(6-4-13)22-17(23)20-9-7-15-11-24-16(21-15)12-2-1-8-19-10-12/h1-6,8,10-11H,7,9H2,(H2,20,22,23). The lowest BCUT2D eigenvalue weighted by molar-refractivity contribution is 0.252. The van der Waals surface area contributed by atoms with Crippen LogP contribution < -0.4 is 10.6 Å². The number of halogens is 1. The molecule has 0 spiro atoms. The van der Waals surface area contributed by atoms with E-state index in [0.29, 0.717) is 23.7 Å². The Kier molecular flexibility index (Phi) is 5.40. The maximum absolute atomic E-state index is 11.8. The normalized spacial score (nSPS) is 10.4. The first-order valence-corrected chi connectivity index (χ1v) is 8.62. The van der Waals surface area contributed by atoms with Gasteiger partial charge in [-0.05, 0) is 36.4 Å². The average Bonchev–Trinajstić information content (AvgIpc) is 3.07. The first-order chi connectivity index (χ1) is 11.7. The van der Waals surface area contributed by atoms with E-state index in [2.05, 4.69) is 20.6 Å². The van der Waals surface area contributed by atoms with E-state index in [4.69, 9.17) is 11.6 Å². The molecule has 0 fully saturated rings. The first-order valence-electron chi connectivity index (χ1n) is 7.36. The Morgan fingerprint density at radius 1 is 1.21 bits per heavy atom. The highest BCUT2D eigenvalue weighted by atomic mass is 35.5. The summed E-state index contributed by atoms with van der Waals surface area (Å²) < 4.78 is 0. The minimum atomic E-state index is -0.250. The third-order valence-corrected chi connectivity index (χ3v) is 4.42. The Morgan fingerprint density at radius 3 is 2.79 bits per heavy atom. The molecule has 3 rings (SSSR count). The van der Waals surface area contributed by atoms with E-state index >= 15 is 0 Å². The first kappa shape index (κ1) is 16.4. The lowest BCUT2D eigenvalue weighted by atomic mass is 10.3. The average molecular weight is 359 g/mol. The number of carbonyl (C=O) groups is 1. The summed E-state index contributed by atoms with van der Waals surface area (Å²) in [7, 11) is 0. The fourth-order valence-electron chi connectivity index (χ4n) is 2.06. The van der Waals surface area contributed by atoms with E-state index in [1.807, 2.05) is 17.5 Å². The zero-order chi connectivity index (χ0) is 16.8. The highest BCUT2D eigenvalue weighted by Crippen LogP contribution is 2.22. The lowest BCUT2D eigenvalue weighted by Crippen LogP contribution is -2.30. The molecule has 3 aromatic rings. The number of aromatic nitrogens is 2. The van der Waals surface area contributed by atoms with Crippen molar-refractivity contribution in [3.05, 3.63) is 64.9 Å². The fraction of sp³-hybridized carbons (Fsp3) is 0.118. The van der Waals surface area contributed by atoms with E-state index < -0.39 is 0 Å². The van der Waals surface area contributed by atoms with E-state index in [1.165, 1.54) is 0 Å². The summed E-state index contributed by atoms with van der Waals surface area (Å²) in [5.74, 6) is 0. The van der Waals surface area contributed by atoms with Crippen LogP contribution in [0.2, 0.25) is 5.02 Å². The largest absolute Gasteiger partial charge is 0.337 e. The van der Waals surface area contributed by atoms with Gasteiger partial charge in [-0.2, -0.15) is 0 Å². The number of carbonyl (C=O) groups excluding carboxylic acids is 1. The molecule has 0 saturated carbocycles. The van der Waals surface area contributed by atoms with Crippen molar-refractivity contribution in [3.63, 3.8) is 0 Å². The summed E-state index contributed by atoms with van der Waals surface area (Å²) in [6.45, 7) is 0.510. The molecule has 2 heterocycles. The summed E-state index contributed by atoms with van der Waals surface area (Å²) in [5.41, 5.74) is 2.65. The molecule has 0 unspecified atom stereocenters. The molecular formula is C17H15ClN4OS. The predicted molar refractivity (Wildman–Crippen MR) is 97.5 cm³/mol. The molecule has 5 nitrogen and oxygen atoms in total. The molecule has 0 aliphatic rings. The lowest BCUT2D eigenvalue weighted by Gasteiger charge is -2.06. The molecule has 0 bridgehead atoms. The molecule has 0 atom stereocenters. The van der Waals surface area contributed by atoms with Crippen molar-refractivity contribution in [3.8, 4) is 10.6 Å². The molecule has 0 radical (unpaired) electrons. The molecule has 1 aromatic carbocycles. The summed E-state index contributed by atoms with van der Waals surface area (Å²) >= 11 is 7.38. The van der Waals surface area contributed by atoms with Crippen molar-refractivity contribution in [2.24, 2.45) is 0 Å². The van der Waals surface area contributed by atoms with Crippen LogP contribution in [-0.4, -0.2) is 22.5 Å². The van der Waals surface area contributed by atoms with Gasteiger partial charge in [0.1, 0.15) is 5.01 Å². The van der Waals surface area contributed by atoms with Gasteiger partial charge in [-0.15, -0.1) is 11.3 Å². The van der Waals surface area contributed by atoms with Gasteiger partial charge in [-0.25, -0.2) is 9.78 Å². The maximum atomic E-state index is 11.8. The van der Waals surface area contributed by atoms with Crippen LogP contribution in [0.1, 0.15) is 5.69 Å². The summed E-state index contributed by atoms with van der Waals surface area (Å²) in [4.78, 5) is 20.5. The molecule has 2 N–H and O–H groups in total. The van der Waals surface area contributed by atoms with Gasteiger partial charge >= 0.3 is 6.03 Å². The molecule has 7 heteroatoms. The summed E-state index contributed by atoms with van der Waals surface area (Å²) in [6, 6.07) is 10.6. The van der Waals surface area contributed by atoms with Crippen LogP contribution in [0.4, 0.5) is 10.5 Å². The Labute approximate surface area is 148 Å². The van der Waals surface area contributed by atoms with Crippen molar-refractivity contribution >= 4 is 34.7 Å². The molecule has 2 aromatic heterocycles. The van der Waals surface area contributed by atoms with Crippen LogP contribution in [0.3, 0.4) is 0 Å². The zero-order valence-corrected chi connectivity index (χ0v) is 14.3. The molecule has 0 aliphatic heterocycles. The van der Waals surface area contributed by atoms with E-state index in [1.54, 1.807) is 48.0 Å². The van der Waals surface area contributed by atoms with Crippen molar-refractivity contribution in [2.75, 3.05) is 11.9 Å². The van der Waals surface area contributed by atoms with Crippen LogP contribution in [0, 0.1) is 0 Å². The second kappa shape index (κ2) is 7.90. The number of amides is 2. The number of pyridine rings is 1. The number of thiazole rings is 1. The van der Waals surface area contributed by atoms with Gasteiger partial charge in [0.25, 0.3) is 0 Å². The van der Waals surface area contributed by atoms with Gasteiger partial charge in [0.15, 0.2) is 0 Å². The van der Waals surface area contributed by atoms with E-state index in [-0.39, 0.29) is 6.03 Å². The second-order valence-corrected chi connectivity index (χ2v) is 6.32. The zero-order valence-electron chi connectivity index (χ0n) is 12.7. The number of anilines is 1. The maximum Gasteiger partial charge on any atom is 0.319 e. The molecule has 0 aliphatic carbocycles. The van der Waals surface area contributed by atoms with Crippen LogP contribution in [-0.2, 0) is 6.42 Å². The number of urea groups is 1. The molecule has 2 amide bonds. The molecule has 122 valence electrons. The number of nitrogens with zero attached hydrogens (tertiary/aromatic N) is 2. The highest BCUT2D eigenvalue weighted by molar-refractivity contribution is 7.13. The van der Waals surface area contributed by atoms with Crippen LogP contribution >= 0.6 is 22.9 Å². The molecule has 0 saturated heterocycles. The van der Waals surface area contributed by atoms with Crippen molar-refractivity contribution < 1.29 is 4.79 Å². The summed E-state index contributed by atoms with van der Waals surface area (Å²) in [6.07, 6.45) is 4.20. The number of rotatable bonds is 5. The van der Waals surface area contributed by atoms with Crippen molar-refractivity contribution in [1.29, 1.82) is 0 Å². The van der Waals surface area contributed by atoms with Crippen molar-refractivity contribution in [1.82, 2.24) is 15.3 Å². The Hall–Kier alpha value is -2.44. The van der Waals surface area contributed by atoms with Gasteiger partial charge in [0.05, 0.1) is 5.69 Å². The minimum Gasteiger partial charge on any atom is -0.337 e. The Bertz CT molecular complexity index is 805. The Balaban J connectivity index is 1.47. The predicted octanol–water partition coefficient (Wildman–Crippen LogP) is 4.22. The third-order valence-electron chi connectivity index (χ3n) is 3.23. The minimum absolute atomic E-state index is 0.250. The summed E-state index contributed by atoms with van der Waals surface area (Å²) in [5, 5.41) is 9.13. The van der Waals surface area contributed by atoms with E-state index in [0.717, 1.165) is 16.3 Å². The number of hydrogen-bond donors (Lipinski definition) is 2. The van der Waals surface area contributed by atoms with Crippen LogP contribution in [0.15, 0.2) is 54.2 Å². The Morgan fingerprint density at radius 2 is 2.04 bits per heavy atom. The topological polar surface area (TPSA) is 66.9 Å². The number of nitrogens with one attached hydrogen (secondary N) is 2. The smallest absolute Gasteiger partial charge is 0.319 e. The van der Waals surface area contributed by atoms with Gasteiger partial charge < -0.3 is 10.6 Å². The third kappa shape index (κ3) is 4.53. The van der Waals surface area contributed by atoms with Gasteiger partial charge in [-0.1, -0.05) is 11.6 Å². The van der Waals surface area contributed by atoms with Gasteiger partial charge in [0, 0.05) is 47.0 Å². The second-order valence-electron chi connectivity index (χ2n) is 5.02. The quantitative estimate of drug-likeness (QED) is 0.717. The number of benzene rings is 1. The fourth-order valence-corrected chi connectivity index (χ4v) is 3.03. The molecule has 24 heavy (non-hydrogen) atoms.